The highest BCUT2D eigenvalue weighted by atomic mass is 32.2. The largest absolute Gasteiger partial charge is 0.497 e. The predicted molar refractivity (Wildman–Crippen MR) is 117 cm³/mol. The third-order valence-electron chi connectivity index (χ3n) is 4.69. The highest BCUT2D eigenvalue weighted by Crippen LogP contribution is 2.26. The minimum atomic E-state index is -0.543. The monoisotopic (exact) mass is 471 g/mol. The average Bonchev–Trinajstić information content (AvgIpc) is 3.37. The van der Waals surface area contributed by atoms with Gasteiger partial charge in [0, 0.05) is 31.0 Å². The number of amides is 4. The first-order chi connectivity index (χ1) is 15.9. The summed E-state index contributed by atoms with van der Waals surface area (Å²) in [4.78, 5) is 35.8. The topological polar surface area (TPSA) is 153 Å². The van der Waals surface area contributed by atoms with Crippen LogP contribution in [0, 0.1) is 6.92 Å². The molecule has 0 saturated carbocycles. The molecule has 0 bridgehead atoms. The van der Waals surface area contributed by atoms with E-state index in [-0.39, 0.29) is 30.4 Å². The molecule has 3 heterocycles. The van der Waals surface area contributed by atoms with E-state index in [9.17, 15) is 14.4 Å². The van der Waals surface area contributed by atoms with E-state index in [2.05, 4.69) is 31.3 Å². The second-order valence-electron chi connectivity index (χ2n) is 7.22. The smallest absolute Gasteiger partial charge is 0.321 e. The Morgan fingerprint density at radius 2 is 2.18 bits per heavy atom. The molecular formula is C20H21N7O5S. The molecule has 0 aliphatic carbocycles. The maximum Gasteiger partial charge on any atom is 0.321 e. The van der Waals surface area contributed by atoms with Crippen molar-refractivity contribution in [3.8, 4) is 11.4 Å². The third-order valence-corrected chi connectivity index (χ3v) is 5.62. The van der Waals surface area contributed by atoms with Gasteiger partial charge >= 0.3 is 6.03 Å². The van der Waals surface area contributed by atoms with Gasteiger partial charge in [-0.15, -0.1) is 10.2 Å². The molecule has 1 saturated heterocycles. The number of imide groups is 1. The lowest BCUT2D eigenvalue weighted by molar-refractivity contribution is -0.121. The van der Waals surface area contributed by atoms with Crippen LogP contribution in [0.15, 0.2) is 40.0 Å². The van der Waals surface area contributed by atoms with Crippen LogP contribution in [-0.4, -0.2) is 56.7 Å². The Balaban J connectivity index is 1.56. The van der Waals surface area contributed by atoms with E-state index in [0.717, 1.165) is 5.69 Å². The lowest BCUT2D eigenvalue weighted by Crippen LogP contribution is -2.53. The number of anilines is 1. The number of hydrogen-bond acceptors (Lipinski definition) is 9. The van der Waals surface area contributed by atoms with Gasteiger partial charge in [-0.05, 0) is 19.1 Å². The summed E-state index contributed by atoms with van der Waals surface area (Å²) >= 11 is 1.18. The number of urea groups is 1. The van der Waals surface area contributed by atoms with Gasteiger partial charge in [-0.25, -0.2) is 4.79 Å². The van der Waals surface area contributed by atoms with Gasteiger partial charge in [0.2, 0.25) is 11.8 Å². The molecule has 1 atom stereocenters. The van der Waals surface area contributed by atoms with Gasteiger partial charge in [-0.3, -0.25) is 19.5 Å². The zero-order valence-electron chi connectivity index (χ0n) is 17.8. The number of nitrogens with one attached hydrogen (secondary N) is 3. The molecule has 4 rings (SSSR count). The summed E-state index contributed by atoms with van der Waals surface area (Å²) in [7, 11) is 1.56. The highest BCUT2D eigenvalue weighted by Gasteiger charge is 2.27. The molecule has 1 aliphatic rings. The number of thioether (sulfide) groups is 1. The van der Waals surface area contributed by atoms with Crippen molar-refractivity contribution in [1.29, 1.82) is 0 Å². The predicted octanol–water partition coefficient (Wildman–Crippen LogP) is 1.44. The number of aromatic nitrogens is 4. The summed E-state index contributed by atoms with van der Waals surface area (Å²) in [5, 5.41) is 20.3. The van der Waals surface area contributed by atoms with Gasteiger partial charge in [0.25, 0.3) is 0 Å². The Labute approximate surface area is 192 Å². The Bertz CT molecular complexity index is 1180. The molecule has 1 aromatic carbocycles. The summed E-state index contributed by atoms with van der Waals surface area (Å²) in [5.74, 6) is 1.49. The van der Waals surface area contributed by atoms with Crippen LogP contribution < -0.4 is 20.7 Å². The average molecular weight is 471 g/mol. The van der Waals surface area contributed by atoms with Gasteiger partial charge < -0.3 is 19.9 Å². The van der Waals surface area contributed by atoms with E-state index in [1.165, 1.54) is 11.8 Å². The fraction of sp³-hybridized carbons (Fsp3) is 0.300. The molecule has 13 heteroatoms. The van der Waals surface area contributed by atoms with Crippen molar-refractivity contribution in [2.75, 3.05) is 18.2 Å². The number of rotatable bonds is 8. The lowest BCUT2D eigenvalue weighted by atomic mass is 10.1. The van der Waals surface area contributed by atoms with Gasteiger partial charge in [0.15, 0.2) is 11.0 Å². The van der Waals surface area contributed by atoms with Gasteiger partial charge in [0.05, 0.1) is 18.6 Å². The first-order valence-corrected chi connectivity index (χ1v) is 10.9. The van der Waals surface area contributed by atoms with E-state index in [1.54, 1.807) is 36.8 Å². The number of aryl methyl sites for hydroxylation is 1. The molecule has 172 valence electrons. The number of carbonyl (C=O) groups excluding carboxylic acids is 3. The Morgan fingerprint density at radius 1 is 1.33 bits per heavy atom. The second-order valence-corrected chi connectivity index (χ2v) is 8.16. The van der Waals surface area contributed by atoms with Crippen LogP contribution in [0.3, 0.4) is 0 Å². The Hall–Kier alpha value is -3.87. The molecule has 1 fully saturated rings. The minimum Gasteiger partial charge on any atom is -0.497 e. The Kier molecular flexibility index (Phi) is 6.58. The van der Waals surface area contributed by atoms with Crippen LogP contribution in [-0.2, 0) is 16.0 Å². The van der Waals surface area contributed by atoms with Crippen molar-refractivity contribution >= 4 is 35.4 Å². The number of ether oxygens (including phenoxy) is 1. The van der Waals surface area contributed by atoms with Crippen LogP contribution in [0.5, 0.6) is 5.75 Å². The van der Waals surface area contributed by atoms with E-state index in [0.29, 0.717) is 28.3 Å². The zero-order chi connectivity index (χ0) is 23.4. The number of benzene rings is 1. The van der Waals surface area contributed by atoms with Gasteiger partial charge in [-0.1, -0.05) is 23.0 Å². The molecule has 3 aromatic rings. The van der Waals surface area contributed by atoms with Crippen molar-refractivity contribution < 1.29 is 23.6 Å². The summed E-state index contributed by atoms with van der Waals surface area (Å²) < 4.78 is 12.1. The molecule has 4 amide bonds. The standard InChI is InChI=1S/C20H21N7O5S/c1-11-6-15(26-32-11)22-18(29)10-33-20-25-24-16(7-12-8-17(28)23-19(30)21-12)27(20)13-4-3-5-14(9-13)31-2/h3-6,9,12H,7-8,10H2,1-2H3,(H,22,26,29)(H2,21,23,28,30). The summed E-state index contributed by atoms with van der Waals surface area (Å²) in [5.41, 5.74) is 0.718. The second kappa shape index (κ2) is 9.73. The maximum absolute atomic E-state index is 12.4. The maximum atomic E-state index is 12.4. The summed E-state index contributed by atoms with van der Waals surface area (Å²) in [6, 6.07) is 7.93. The van der Waals surface area contributed by atoms with Crippen molar-refractivity contribution in [3.63, 3.8) is 0 Å². The number of methoxy groups -OCH3 is 1. The van der Waals surface area contributed by atoms with E-state index in [1.807, 2.05) is 12.1 Å². The SMILES string of the molecule is COc1cccc(-n2c(CC3CC(=O)NC(=O)N3)nnc2SCC(=O)Nc2cc(C)on2)c1. The van der Waals surface area contributed by atoms with E-state index >= 15 is 0 Å². The van der Waals surface area contributed by atoms with Crippen molar-refractivity contribution in [3.05, 3.63) is 41.9 Å². The zero-order valence-corrected chi connectivity index (χ0v) is 18.6. The number of hydrogen-bond donors (Lipinski definition) is 3. The minimum absolute atomic E-state index is 0.0522. The van der Waals surface area contributed by atoms with Crippen LogP contribution >= 0.6 is 11.8 Å². The number of nitrogens with zero attached hydrogens (tertiary/aromatic N) is 4. The first kappa shape index (κ1) is 22.3. The molecular weight excluding hydrogens is 450 g/mol. The van der Waals surface area contributed by atoms with E-state index < -0.39 is 12.1 Å². The molecule has 0 spiro atoms. The van der Waals surface area contributed by atoms with Crippen LogP contribution in [0.4, 0.5) is 10.6 Å². The molecule has 1 unspecified atom stereocenters. The summed E-state index contributed by atoms with van der Waals surface area (Å²) in [6.07, 6.45) is 0.396. The van der Waals surface area contributed by atoms with Crippen molar-refractivity contribution in [2.24, 2.45) is 0 Å². The molecule has 3 N–H and O–H groups in total. The van der Waals surface area contributed by atoms with Crippen LogP contribution in [0.1, 0.15) is 18.0 Å². The van der Waals surface area contributed by atoms with Crippen molar-refractivity contribution in [1.82, 2.24) is 30.6 Å². The molecule has 2 aromatic heterocycles. The van der Waals surface area contributed by atoms with Gasteiger partial charge in [-0.2, -0.15) is 0 Å². The molecule has 12 nitrogen and oxygen atoms in total. The first-order valence-electron chi connectivity index (χ1n) is 9.96. The number of carbonyl (C=O) groups is 3. The van der Waals surface area contributed by atoms with E-state index in [4.69, 9.17) is 9.26 Å². The quantitative estimate of drug-likeness (QED) is 0.414. The molecule has 0 radical (unpaired) electrons. The molecule has 1 aliphatic heterocycles. The van der Waals surface area contributed by atoms with Crippen LogP contribution in [0.2, 0.25) is 0 Å². The Morgan fingerprint density at radius 3 is 2.91 bits per heavy atom. The molecule has 33 heavy (non-hydrogen) atoms. The van der Waals surface area contributed by atoms with Crippen molar-refractivity contribution in [2.45, 2.75) is 31.0 Å². The lowest BCUT2D eigenvalue weighted by Gasteiger charge is -2.23. The summed E-state index contributed by atoms with van der Waals surface area (Å²) in [6.45, 7) is 1.73. The van der Waals surface area contributed by atoms with Crippen LogP contribution in [0.25, 0.3) is 5.69 Å². The normalized spacial score (nSPS) is 15.6. The third kappa shape index (κ3) is 5.49. The fourth-order valence-corrected chi connectivity index (χ4v) is 4.06. The fourth-order valence-electron chi connectivity index (χ4n) is 3.29. The highest BCUT2D eigenvalue weighted by molar-refractivity contribution is 7.99. The van der Waals surface area contributed by atoms with Gasteiger partial charge in [0.1, 0.15) is 17.3 Å².